The lowest BCUT2D eigenvalue weighted by Gasteiger charge is -2.08. The van der Waals surface area contributed by atoms with Crippen molar-refractivity contribution in [3.63, 3.8) is 0 Å². The van der Waals surface area contributed by atoms with E-state index in [-0.39, 0.29) is 5.01 Å². The fourth-order valence-corrected chi connectivity index (χ4v) is 4.70. The Morgan fingerprint density at radius 2 is 1.97 bits per heavy atom. The molecule has 0 radical (unpaired) electrons. The van der Waals surface area contributed by atoms with E-state index < -0.39 is 23.2 Å². The van der Waals surface area contributed by atoms with Gasteiger partial charge in [-0.2, -0.15) is 0 Å². The van der Waals surface area contributed by atoms with Crippen LogP contribution >= 0.6 is 11.3 Å². The fourth-order valence-electron chi connectivity index (χ4n) is 3.65. The number of nitrogens with one attached hydrogen (secondary N) is 2. The monoisotopic (exact) mass is 422 g/mol. The molecular formula is C22H16F2N4OS. The van der Waals surface area contributed by atoms with Gasteiger partial charge in [-0.3, -0.25) is 4.79 Å². The zero-order valence-corrected chi connectivity index (χ0v) is 16.5. The maximum Gasteiger partial charge on any atom is 0.284 e. The van der Waals surface area contributed by atoms with Gasteiger partial charge < -0.3 is 10.3 Å². The standard InChI is InChI=1S/C22H16F2N4OS/c23-15-4-2-5-16(24)19(15)28-21(29)22-27-17-6-1-3-12-7-8-13(18-10-25-11-26-18)9-14(12)20(17)30-22/h2,4-5,7-11H,1,3,6H2,(H,25,26)(H,28,29). The Kier molecular flexibility index (Phi) is 4.63. The molecular weight excluding hydrogens is 406 g/mol. The van der Waals surface area contributed by atoms with Crippen molar-refractivity contribution in [1.82, 2.24) is 15.0 Å². The molecule has 1 aliphatic carbocycles. The summed E-state index contributed by atoms with van der Waals surface area (Å²) in [5, 5.41) is 2.51. The van der Waals surface area contributed by atoms with E-state index in [2.05, 4.69) is 32.4 Å². The second-order valence-corrected chi connectivity index (χ2v) is 8.04. The molecule has 0 bridgehead atoms. The summed E-state index contributed by atoms with van der Waals surface area (Å²) in [4.78, 5) is 25.3. The van der Waals surface area contributed by atoms with Crippen LogP contribution in [0.25, 0.3) is 21.7 Å². The van der Waals surface area contributed by atoms with Crippen LogP contribution in [0, 0.1) is 11.6 Å². The number of hydrogen-bond donors (Lipinski definition) is 2. The lowest BCUT2D eigenvalue weighted by molar-refractivity contribution is 0.102. The topological polar surface area (TPSA) is 70.7 Å². The summed E-state index contributed by atoms with van der Waals surface area (Å²) in [6.07, 6.45) is 5.96. The average molecular weight is 422 g/mol. The van der Waals surface area contributed by atoms with Gasteiger partial charge in [-0.25, -0.2) is 18.7 Å². The highest BCUT2D eigenvalue weighted by atomic mass is 32.1. The van der Waals surface area contributed by atoms with Crippen molar-refractivity contribution in [1.29, 1.82) is 0 Å². The van der Waals surface area contributed by atoms with Gasteiger partial charge in [0.25, 0.3) is 5.91 Å². The Balaban J connectivity index is 1.53. The Morgan fingerprint density at radius 3 is 2.73 bits per heavy atom. The molecule has 0 saturated heterocycles. The van der Waals surface area contributed by atoms with Crippen molar-refractivity contribution in [2.24, 2.45) is 0 Å². The van der Waals surface area contributed by atoms with E-state index in [1.54, 1.807) is 12.5 Å². The van der Waals surface area contributed by atoms with Gasteiger partial charge in [0.1, 0.15) is 17.3 Å². The average Bonchev–Trinajstić information content (AvgIpc) is 3.39. The lowest BCUT2D eigenvalue weighted by Crippen LogP contribution is -2.14. The lowest BCUT2D eigenvalue weighted by atomic mass is 10.00. The van der Waals surface area contributed by atoms with Gasteiger partial charge in [-0.1, -0.05) is 18.2 Å². The number of anilines is 1. The number of halogens is 2. The zero-order chi connectivity index (χ0) is 20.7. The summed E-state index contributed by atoms with van der Waals surface area (Å²) in [6, 6.07) is 9.66. The number of aromatic nitrogens is 3. The summed E-state index contributed by atoms with van der Waals surface area (Å²) < 4.78 is 27.8. The molecule has 0 fully saturated rings. The molecule has 1 aliphatic rings. The number of aromatic amines is 1. The first-order valence-electron chi connectivity index (χ1n) is 9.47. The summed E-state index contributed by atoms with van der Waals surface area (Å²) in [6.45, 7) is 0. The van der Waals surface area contributed by atoms with E-state index in [1.165, 1.54) is 23.0 Å². The summed E-state index contributed by atoms with van der Waals surface area (Å²) in [5.41, 5.74) is 4.48. The number of carbonyl (C=O) groups is 1. The van der Waals surface area contributed by atoms with Crippen molar-refractivity contribution in [3.05, 3.63) is 76.8 Å². The number of aryl methyl sites for hydroxylation is 2. The largest absolute Gasteiger partial charge is 0.345 e. The first-order valence-corrected chi connectivity index (χ1v) is 10.3. The number of imidazole rings is 1. The minimum Gasteiger partial charge on any atom is -0.345 e. The number of nitrogens with zero attached hydrogens (tertiary/aromatic N) is 2. The molecule has 5 nitrogen and oxygen atoms in total. The van der Waals surface area contributed by atoms with E-state index in [9.17, 15) is 13.6 Å². The predicted octanol–water partition coefficient (Wildman–Crippen LogP) is 5.22. The van der Waals surface area contributed by atoms with Crippen LogP contribution in [-0.4, -0.2) is 20.9 Å². The molecule has 1 amide bonds. The number of para-hydroxylation sites is 1. The smallest absolute Gasteiger partial charge is 0.284 e. The highest BCUT2D eigenvalue weighted by Crippen LogP contribution is 2.39. The molecule has 4 aromatic rings. The van der Waals surface area contributed by atoms with Gasteiger partial charge in [0.05, 0.1) is 28.8 Å². The van der Waals surface area contributed by atoms with Crippen molar-refractivity contribution in [2.45, 2.75) is 19.3 Å². The quantitative estimate of drug-likeness (QED) is 0.476. The normalized spacial score (nSPS) is 12.7. The Labute approximate surface area is 174 Å². The maximum absolute atomic E-state index is 13.9. The highest BCUT2D eigenvalue weighted by Gasteiger charge is 2.23. The molecule has 0 spiro atoms. The Bertz CT molecular complexity index is 1230. The summed E-state index contributed by atoms with van der Waals surface area (Å²) in [5.74, 6) is -2.27. The minimum absolute atomic E-state index is 0.183. The van der Waals surface area contributed by atoms with E-state index in [0.717, 1.165) is 58.8 Å². The van der Waals surface area contributed by atoms with Crippen LogP contribution in [0.3, 0.4) is 0 Å². The molecule has 0 atom stereocenters. The van der Waals surface area contributed by atoms with Gasteiger partial charge in [0.2, 0.25) is 0 Å². The first-order chi connectivity index (χ1) is 14.6. The zero-order valence-electron chi connectivity index (χ0n) is 15.7. The third kappa shape index (κ3) is 3.29. The molecule has 2 aromatic heterocycles. The third-order valence-corrected chi connectivity index (χ3v) is 6.25. The van der Waals surface area contributed by atoms with Gasteiger partial charge in [-0.05, 0) is 48.6 Å². The molecule has 2 aromatic carbocycles. The number of rotatable bonds is 3. The molecule has 150 valence electrons. The van der Waals surface area contributed by atoms with Crippen molar-refractivity contribution in [2.75, 3.05) is 5.32 Å². The van der Waals surface area contributed by atoms with Gasteiger partial charge in [-0.15, -0.1) is 11.3 Å². The number of hydrogen-bond acceptors (Lipinski definition) is 4. The van der Waals surface area contributed by atoms with E-state index in [1.807, 2.05) is 6.07 Å². The van der Waals surface area contributed by atoms with Crippen molar-refractivity contribution >= 4 is 22.9 Å². The Hall–Kier alpha value is -3.39. The number of fused-ring (bicyclic) bond motifs is 3. The highest BCUT2D eigenvalue weighted by molar-refractivity contribution is 7.17. The van der Waals surface area contributed by atoms with Crippen LogP contribution < -0.4 is 5.32 Å². The van der Waals surface area contributed by atoms with Crippen molar-refractivity contribution < 1.29 is 13.6 Å². The van der Waals surface area contributed by atoms with Gasteiger partial charge >= 0.3 is 0 Å². The first kappa shape index (κ1) is 18.6. The van der Waals surface area contributed by atoms with Crippen LogP contribution in [0.15, 0.2) is 48.9 Å². The van der Waals surface area contributed by atoms with Crippen LogP contribution in [0.5, 0.6) is 0 Å². The third-order valence-electron chi connectivity index (χ3n) is 5.12. The summed E-state index contributed by atoms with van der Waals surface area (Å²) >= 11 is 1.24. The van der Waals surface area contributed by atoms with E-state index in [0.29, 0.717) is 0 Å². The molecule has 0 unspecified atom stereocenters. The van der Waals surface area contributed by atoms with Crippen LogP contribution in [0.2, 0.25) is 0 Å². The fraction of sp³-hybridized carbons (Fsp3) is 0.136. The van der Waals surface area contributed by atoms with E-state index >= 15 is 0 Å². The number of thiazole rings is 1. The molecule has 5 rings (SSSR count). The number of amides is 1. The number of carbonyl (C=O) groups excluding carboxylic acids is 1. The SMILES string of the molecule is O=C(Nc1c(F)cccc1F)c1nc2c(s1)-c1cc(-c3cnc[nH]3)ccc1CCC2. The number of H-pyrrole nitrogens is 1. The molecule has 0 aliphatic heterocycles. The van der Waals surface area contributed by atoms with E-state index in [4.69, 9.17) is 0 Å². The molecule has 0 saturated carbocycles. The van der Waals surface area contributed by atoms with Crippen molar-refractivity contribution in [3.8, 4) is 21.7 Å². The van der Waals surface area contributed by atoms with Crippen LogP contribution in [-0.2, 0) is 12.8 Å². The van der Waals surface area contributed by atoms with Crippen LogP contribution in [0.4, 0.5) is 14.5 Å². The number of benzene rings is 2. The Morgan fingerprint density at radius 1 is 1.13 bits per heavy atom. The molecule has 2 heterocycles. The van der Waals surface area contributed by atoms with Gasteiger partial charge in [0, 0.05) is 5.56 Å². The second kappa shape index (κ2) is 7.46. The molecule has 8 heteroatoms. The summed E-state index contributed by atoms with van der Waals surface area (Å²) in [7, 11) is 0. The van der Waals surface area contributed by atoms with Crippen LogP contribution in [0.1, 0.15) is 27.5 Å². The second-order valence-electron chi connectivity index (χ2n) is 7.04. The molecule has 30 heavy (non-hydrogen) atoms. The van der Waals surface area contributed by atoms with Gasteiger partial charge in [0.15, 0.2) is 5.01 Å². The molecule has 2 N–H and O–H groups in total. The minimum atomic E-state index is -0.823. The maximum atomic E-state index is 13.9. The predicted molar refractivity (Wildman–Crippen MR) is 111 cm³/mol.